The second-order valence-electron chi connectivity index (χ2n) is 3.11. The van der Waals surface area contributed by atoms with Gasteiger partial charge in [-0.25, -0.2) is 0 Å². The van der Waals surface area contributed by atoms with Crippen LogP contribution in [0.4, 0.5) is 0 Å². The molecule has 2 atom stereocenters. The Bertz CT molecular complexity index is 139. The molecule has 0 radical (unpaired) electrons. The lowest BCUT2D eigenvalue weighted by Gasteiger charge is -2.22. The Balaban J connectivity index is 2.04. The Hall–Kier alpha value is -0.110. The first-order valence-corrected chi connectivity index (χ1v) is 4.86. The maximum Gasteiger partial charge on any atom is 0.0614 e. The van der Waals surface area contributed by atoms with Crippen molar-refractivity contribution in [2.45, 2.75) is 37.0 Å². The van der Waals surface area contributed by atoms with E-state index < -0.39 is 0 Å². The van der Waals surface area contributed by atoms with Crippen LogP contribution in [-0.4, -0.2) is 11.3 Å². The molecule has 0 aromatic heterocycles. The van der Waals surface area contributed by atoms with Crippen molar-refractivity contribution in [2.75, 3.05) is 0 Å². The first-order chi connectivity index (χ1) is 4.86. The van der Waals surface area contributed by atoms with Gasteiger partial charge in [0.05, 0.1) is 5.03 Å². The lowest BCUT2D eigenvalue weighted by Crippen LogP contribution is -2.31. The van der Waals surface area contributed by atoms with E-state index in [0.29, 0.717) is 0 Å². The maximum atomic E-state index is 3.93. The third kappa shape index (κ3) is 1.05. The second kappa shape index (κ2) is 2.50. The number of fused-ring (bicyclic) bond motifs is 1. The molecule has 10 heavy (non-hydrogen) atoms. The third-order valence-corrected chi connectivity index (χ3v) is 3.61. The van der Waals surface area contributed by atoms with Crippen molar-refractivity contribution >= 4 is 11.8 Å². The Morgan fingerprint density at radius 3 is 3.00 bits per heavy atom. The lowest BCUT2D eigenvalue weighted by atomic mass is 9.95. The minimum atomic E-state index is 0.756. The van der Waals surface area contributed by atoms with Crippen LogP contribution in [0.5, 0.6) is 0 Å². The fourth-order valence-corrected chi connectivity index (χ4v) is 3.06. The minimum Gasteiger partial charge on any atom is -0.376 e. The van der Waals surface area contributed by atoms with Gasteiger partial charge in [-0.15, -0.1) is 11.8 Å². The average Bonchev–Trinajstić information content (AvgIpc) is 2.27. The van der Waals surface area contributed by atoms with Crippen LogP contribution in [0.25, 0.3) is 0 Å². The van der Waals surface area contributed by atoms with E-state index in [4.69, 9.17) is 0 Å². The summed E-state index contributed by atoms with van der Waals surface area (Å²) in [6.45, 7) is 3.93. The SMILES string of the molecule is C=C1NC2CCCCC2S1. The van der Waals surface area contributed by atoms with E-state index in [9.17, 15) is 0 Å². The van der Waals surface area contributed by atoms with Crippen LogP contribution < -0.4 is 5.32 Å². The molecule has 0 aromatic rings. The van der Waals surface area contributed by atoms with Gasteiger partial charge in [0.15, 0.2) is 0 Å². The summed E-state index contributed by atoms with van der Waals surface area (Å²) in [5.74, 6) is 0. The molecule has 1 aliphatic heterocycles. The molecule has 2 aliphatic rings. The number of thioether (sulfide) groups is 1. The predicted octanol–water partition coefficient (Wildman–Crippen LogP) is 2.11. The van der Waals surface area contributed by atoms with Gasteiger partial charge in [0, 0.05) is 11.3 Å². The Labute approximate surface area is 66.3 Å². The van der Waals surface area contributed by atoms with Gasteiger partial charge < -0.3 is 5.32 Å². The van der Waals surface area contributed by atoms with Crippen LogP contribution >= 0.6 is 11.8 Å². The van der Waals surface area contributed by atoms with Crippen molar-refractivity contribution in [3.8, 4) is 0 Å². The van der Waals surface area contributed by atoms with Gasteiger partial charge in [-0.05, 0) is 12.8 Å². The average molecular weight is 155 g/mol. The summed E-state index contributed by atoms with van der Waals surface area (Å²) in [6.07, 6.45) is 5.57. The molecule has 2 rings (SSSR count). The molecule has 0 bridgehead atoms. The molecule has 1 saturated heterocycles. The molecule has 1 aliphatic carbocycles. The zero-order valence-electron chi connectivity index (χ0n) is 6.10. The highest BCUT2D eigenvalue weighted by Gasteiger charge is 2.31. The fourth-order valence-electron chi connectivity index (χ4n) is 1.83. The minimum absolute atomic E-state index is 0.756. The van der Waals surface area contributed by atoms with Crippen LogP contribution in [0.1, 0.15) is 25.7 Å². The number of hydrogen-bond donors (Lipinski definition) is 1. The molecule has 56 valence electrons. The van der Waals surface area contributed by atoms with Gasteiger partial charge in [0.1, 0.15) is 0 Å². The van der Waals surface area contributed by atoms with Crippen molar-refractivity contribution < 1.29 is 0 Å². The van der Waals surface area contributed by atoms with Crippen molar-refractivity contribution in [1.29, 1.82) is 0 Å². The van der Waals surface area contributed by atoms with Gasteiger partial charge in [0.2, 0.25) is 0 Å². The molecule has 1 N–H and O–H groups in total. The van der Waals surface area contributed by atoms with Crippen LogP contribution in [0.2, 0.25) is 0 Å². The molecule has 0 spiro atoms. The summed E-state index contributed by atoms with van der Waals surface area (Å²) in [6, 6.07) is 0.756. The van der Waals surface area contributed by atoms with Gasteiger partial charge in [-0.3, -0.25) is 0 Å². The van der Waals surface area contributed by atoms with E-state index in [1.54, 1.807) is 0 Å². The molecular formula is C8H13NS. The van der Waals surface area contributed by atoms with Crippen LogP contribution in [-0.2, 0) is 0 Å². The normalized spacial score (nSPS) is 39.0. The summed E-state index contributed by atoms with van der Waals surface area (Å²) < 4.78 is 0. The maximum absolute atomic E-state index is 3.93. The zero-order valence-corrected chi connectivity index (χ0v) is 6.91. The number of rotatable bonds is 0. The van der Waals surface area contributed by atoms with E-state index in [1.807, 2.05) is 11.8 Å². The van der Waals surface area contributed by atoms with Crippen molar-refractivity contribution in [3.63, 3.8) is 0 Å². The Morgan fingerprint density at radius 1 is 1.40 bits per heavy atom. The first-order valence-electron chi connectivity index (χ1n) is 3.98. The summed E-state index contributed by atoms with van der Waals surface area (Å²) >= 11 is 1.94. The topological polar surface area (TPSA) is 12.0 Å². The van der Waals surface area contributed by atoms with E-state index in [0.717, 1.165) is 11.3 Å². The van der Waals surface area contributed by atoms with Gasteiger partial charge in [0.25, 0.3) is 0 Å². The number of hydrogen-bond acceptors (Lipinski definition) is 2. The zero-order chi connectivity index (χ0) is 6.97. The highest BCUT2D eigenvalue weighted by atomic mass is 32.2. The van der Waals surface area contributed by atoms with Gasteiger partial charge >= 0.3 is 0 Å². The smallest absolute Gasteiger partial charge is 0.0614 e. The van der Waals surface area contributed by atoms with Gasteiger partial charge in [-0.2, -0.15) is 0 Å². The van der Waals surface area contributed by atoms with E-state index in [-0.39, 0.29) is 0 Å². The largest absolute Gasteiger partial charge is 0.376 e. The quantitative estimate of drug-likeness (QED) is 0.575. The monoisotopic (exact) mass is 155 g/mol. The summed E-state index contributed by atoms with van der Waals surface area (Å²) in [5, 5.41) is 5.46. The molecule has 0 aromatic carbocycles. The van der Waals surface area contributed by atoms with Crippen molar-refractivity contribution in [1.82, 2.24) is 5.32 Å². The Kier molecular flexibility index (Phi) is 1.65. The predicted molar refractivity (Wildman–Crippen MR) is 45.9 cm³/mol. The second-order valence-corrected chi connectivity index (χ2v) is 4.45. The van der Waals surface area contributed by atoms with Crippen molar-refractivity contribution in [2.24, 2.45) is 0 Å². The summed E-state index contributed by atoms with van der Waals surface area (Å²) in [7, 11) is 0. The summed E-state index contributed by atoms with van der Waals surface area (Å²) in [5.41, 5.74) is 0. The highest BCUT2D eigenvalue weighted by molar-refractivity contribution is 8.03. The van der Waals surface area contributed by atoms with E-state index >= 15 is 0 Å². The van der Waals surface area contributed by atoms with Crippen molar-refractivity contribution in [3.05, 3.63) is 11.6 Å². The molecule has 2 fully saturated rings. The standard InChI is InChI=1S/C8H13NS/c1-6-9-7-4-2-3-5-8(7)10-6/h7-9H,1-5H2. The van der Waals surface area contributed by atoms with E-state index in [2.05, 4.69) is 11.9 Å². The molecule has 1 nitrogen and oxygen atoms in total. The molecule has 1 saturated carbocycles. The van der Waals surface area contributed by atoms with Gasteiger partial charge in [-0.1, -0.05) is 19.4 Å². The molecule has 2 heteroatoms. The summed E-state index contributed by atoms with van der Waals surface area (Å²) in [4.78, 5) is 0. The van der Waals surface area contributed by atoms with Crippen LogP contribution in [0.3, 0.4) is 0 Å². The van der Waals surface area contributed by atoms with Crippen LogP contribution in [0, 0.1) is 0 Å². The van der Waals surface area contributed by atoms with Crippen LogP contribution in [0.15, 0.2) is 11.6 Å². The third-order valence-electron chi connectivity index (χ3n) is 2.34. The molecule has 0 amide bonds. The molecule has 2 unspecified atom stereocenters. The first kappa shape index (κ1) is 6.59. The molecular weight excluding hydrogens is 142 g/mol. The fraction of sp³-hybridized carbons (Fsp3) is 0.750. The van der Waals surface area contributed by atoms with E-state index in [1.165, 1.54) is 30.7 Å². The number of nitrogens with one attached hydrogen (secondary N) is 1. The Morgan fingerprint density at radius 2 is 2.20 bits per heavy atom. The lowest BCUT2D eigenvalue weighted by molar-refractivity contribution is 0.427. The highest BCUT2D eigenvalue weighted by Crippen LogP contribution is 2.37. The molecule has 1 heterocycles.